The van der Waals surface area contributed by atoms with Crippen molar-refractivity contribution in [1.29, 1.82) is 0 Å². The van der Waals surface area contributed by atoms with Gasteiger partial charge < -0.3 is 10.1 Å². The van der Waals surface area contributed by atoms with Crippen molar-refractivity contribution < 1.29 is 4.74 Å². The predicted octanol–water partition coefficient (Wildman–Crippen LogP) is 2.77. The van der Waals surface area contributed by atoms with Crippen LogP contribution in [0, 0.1) is 0 Å². The number of nitrogens with one attached hydrogen (secondary N) is 1. The Morgan fingerprint density at radius 2 is 2.06 bits per heavy atom. The van der Waals surface area contributed by atoms with Crippen LogP contribution in [0.1, 0.15) is 31.7 Å². The van der Waals surface area contributed by atoms with Gasteiger partial charge in [-0.3, -0.25) is 0 Å². The maximum atomic E-state index is 5.97. The molecule has 1 aliphatic rings. The van der Waals surface area contributed by atoms with E-state index in [0.29, 0.717) is 6.10 Å². The summed E-state index contributed by atoms with van der Waals surface area (Å²) in [4.78, 5) is 0. The first-order valence-corrected chi connectivity index (χ1v) is 6.35. The van der Waals surface area contributed by atoms with Gasteiger partial charge in [-0.1, -0.05) is 19.1 Å². The number of benzene rings is 1. The summed E-state index contributed by atoms with van der Waals surface area (Å²) >= 11 is 0. The molecule has 1 aromatic rings. The fraction of sp³-hybridized carbons (Fsp3) is 0.571. The van der Waals surface area contributed by atoms with Gasteiger partial charge in [-0.05, 0) is 49.9 Å². The van der Waals surface area contributed by atoms with Crippen LogP contribution < -0.4 is 10.1 Å². The summed E-state index contributed by atoms with van der Waals surface area (Å²) in [7, 11) is 0. The van der Waals surface area contributed by atoms with E-state index in [0.717, 1.165) is 25.3 Å². The molecule has 0 bridgehead atoms. The Morgan fingerprint density at radius 3 is 2.81 bits per heavy atom. The average molecular weight is 219 g/mol. The van der Waals surface area contributed by atoms with Crippen LogP contribution in [-0.4, -0.2) is 19.2 Å². The fourth-order valence-corrected chi connectivity index (χ4v) is 2.08. The minimum absolute atomic E-state index is 0.343. The third-order valence-electron chi connectivity index (χ3n) is 3.14. The van der Waals surface area contributed by atoms with Crippen LogP contribution in [0.4, 0.5) is 0 Å². The molecule has 1 atom stereocenters. The van der Waals surface area contributed by atoms with E-state index in [2.05, 4.69) is 36.5 Å². The third kappa shape index (κ3) is 3.24. The largest absolute Gasteiger partial charge is 0.489 e. The van der Waals surface area contributed by atoms with Crippen LogP contribution in [-0.2, 0) is 6.42 Å². The van der Waals surface area contributed by atoms with Crippen LogP contribution in [0.15, 0.2) is 24.3 Å². The van der Waals surface area contributed by atoms with Crippen molar-refractivity contribution in [2.24, 2.45) is 0 Å². The van der Waals surface area contributed by atoms with Gasteiger partial charge in [0.25, 0.3) is 0 Å². The first kappa shape index (κ1) is 11.5. The standard InChI is InChI=1S/C14H21NO/c1-2-12-6-8-13(9-7-12)16-14-5-3-4-10-15-11-14/h6-9,14-15H,2-5,10-11H2,1H3. The molecule has 1 unspecified atom stereocenters. The van der Waals surface area contributed by atoms with E-state index >= 15 is 0 Å². The Bertz CT molecular complexity index is 299. The Balaban J connectivity index is 1.91. The zero-order chi connectivity index (χ0) is 11.2. The van der Waals surface area contributed by atoms with E-state index in [1.807, 2.05) is 0 Å². The SMILES string of the molecule is CCc1ccc(OC2CCCCNC2)cc1. The monoisotopic (exact) mass is 219 g/mol. The molecule has 2 nitrogen and oxygen atoms in total. The van der Waals surface area contributed by atoms with E-state index in [1.165, 1.54) is 24.8 Å². The van der Waals surface area contributed by atoms with E-state index in [4.69, 9.17) is 4.74 Å². The Labute approximate surface area is 98.0 Å². The van der Waals surface area contributed by atoms with E-state index in [1.54, 1.807) is 0 Å². The molecule has 0 saturated carbocycles. The summed E-state index contributed by atoms with van der Waals surface area (Å²) in [6, 6.07) is 8.48. The Kier molecular flexibility index (Phi) is 4.23. The van der Waals surface area contributed by atoms with Crippen LogP contribution >= 0.6 is 0 Å². The summed E-state index contributed by atoms with van der Waals surface area (Å²) in [5, 5.41) is 3.42. The first-order valence-electron chi connectivity index (χ1n) is 6.35. The van der Waals surface area contributed by atoms with Crippen molar-refractivity contribution in [3.8, 4) is 5.75 Å². The highest BCUT2D eigenvalue weighted by molar-refractivity contribution is 5.27. The van der Waals surface area contributed by atoms with Crippen LogP contribution in [0.5, 0.6) is 5.75 Å². The molecule has 1 heterocycles. The first-order chi connectivity index (χ1) is 7.88. The molecule has 16 heavy (non-hydrogen) atoms. The van der Waals surface area contributed by atoms with Crippen LogP contribution in [0.25, 0.3) is 0 Å². The van der Waals surface area contributed by atoms with Gasteiger partial charge in [0.2, 0.25) is 0 Å². The van der Waals surface area contributed by atoms with Crippen molar-refractivity contribution in [3.05, 3.63) is 29.8 Å². The highest BCUT2D eigenvalue weighted by Gasteiger charge is 2.12. The Morgan fingerprint density at radius 1 is 1.25 bits per heavy atom. The quantitative estimate of drug-likeness (QED) is 0.844. The zero-order valence-electron chi connectivity index (χ0n) is 10.0. The fourth-order valence-electron chi connectivity index (χ4n) is 2.08. The number of rotatable bonds is 3. The second kappa shape index (κ2) is 5.90. The lowest BCUT2D eigenvalue weighted by molar-refractivity contribution is 0.194. The molecule has 1 aromatic carbocycles. The van der Waals surface area contributed by atoms with E-state index < -0.39 is 0 Å². The number of aryl methyl sites for hydroxylation is 1. The molecule has 88 valence electrons. The predicted molar refractivity (Wildman–Crippen MR) is 67.0 cm³/mol. The minimum atomic E-state index is 0.343. The lowest BCUT2D eigenvalue weighted by atomic mass is 10.1. The molecule has 1 saturated heterocycles. The van der Waals surface area contributed by atoms with Gasteiger partial charge in [0.15, 0.2) is 0 Å². The lowest BCUT2D eigenvalue weighted by Gasteiger charge is -2.17. The van der Waals surface area contributed by atoms with Gasteiger partial charge in [0, 0.05) is 6.54 Å². The second-order valence-corrected chi connectivity index (χ2v) is 4.44. The minimum Gasteiger partial charge on any atom is -0.489 e. The molecule has 1 fully saturated rings. The maximum absolute atomic E-state index is 5.97. The second-order valence-electron chi connectivity index (χ2n) is 4.44. The van der Waals surface area contributed by atoms with Crippen molar-refractivity contribution >= 4 is 0 Å². The summed E-state index contributed by atoms with van der Waals surface area (Å²) in [6.45, 7) is 4.29. The lowest BCUT2D eigenvalue weighted by Crippen LogP contribution is -2.29. The van der Waals surface area contributed by atoms with Gasteiger partial charge >= 0.3 is 0 Å². The highest BCUT2D eigenvalue weighted by Crippen LogP contribution is 2.17. The molecule has 2 heteroatoms. The summed E-state index contributed by atoms with van der Waals surface area (Å²) in [6.07, 6.45) is 5.14. The summed E-state index contributed by atoms with van der Waals surface area (Å²) < 4.78 is 5.97. The molecular formula is C14H21NO. The number of ether oxygens (including phenoxy) is 1. The van der Waals surface area contributed by atoms with Crippen molar-refractivity contribution in [2.45, 2.75) is 38.7 Å². The average Bonchev–Trinajstić information content (AvgIpc) is 2.59. The summed E-state index contributed by atoms with van der Waals surface area (Å²) in [5.41, 5.74) is 1.37. The molecule has 1 N–H and O–H groups in total. The normalized spacial score (nSPS) is 21.4. The molecule has 0 aromatic heterocycles. The summed E-state index contributed by atoms with van der Waals surface area (Å²) in [5.74, 6) is 1.01. The van der Waals surface area contributed by atoms with Crippen LogP contribution in [0.2, 0.25) is 0 Å². The number of hydrogen-bond donors (Lipinski definition) is 1. The van der Waals surface area contributed by atoms with E-state index in [-0.39, 0.29) is 0 Å². The highest BCUT2D eigenvalue weighted by atomic mass is 16.5. The van der Waals surface area contributed by atoms with Crippen molar-refractivity contribution in [2.75, 3.05) is 13.1 Å². The number of hydrogen-bond acceptors (Lipinski definition) is 2. The van der Waals surface area contributed by atoms with Gasteiger partial charge in [-0.15, -0.1) is 0 Å². The molecule has 2 rings (SSSR count). The topological polar surface area (TPSA) is 21.3 Å². The molecule has 0 spiro atoms. The van der Waals surface area contributed by atoms with Gasteiger partial charge in [0.05, 0.1) is 0 Å². The molecule has 0 amide bonds. The molecule has 0 aliphatic carbocycles. The van der Waals surface area contributed by atoms with Gasteiger partial charge in [0.1, 0.15) is 11.9 Å². The molecule has 0 radical (unpaired) electrons. The van der Waals surface area contributed by atoms with Gasteiger partial charge in [-0.25, -0.2) is 0 Å². The molecular weight excluding hydrogens is 198 g/mol. The Hall–Kier alpha value is -1.02. The third-order valence-corrected chi connectivity index (χ3v) is 3.14. The van der Waals surface area contributed by atoms with Crippen LogP contribution in [0.3, 0.4) is 0 Å². The maximum Gasteiger partial charge on any atom is 0.119 e. The van der Waals surface area contributed by atoms with Crippen molar-refractivity contribution in [1.82, 2.24) is 5.32 Å². The van der Waals surface area contributed by atoms with Crippen molar-refractivity contribution in [3.63, 3.8) is 0 Å². The smallest absolute Gasteiger partial charge is 0.119 e. The zero-order valence-corrected chi connectivity index (χ0v) is 10.0. The van der Waals surface area contributed by atoms with E-state index in [9.17, 15) is 0 Å². The van der Waals surface area contributed by atoms with Gasteiger partial charge in [-0.2, -0.15) is 0 Å². The molecule has 1 aliphatic heterocycles.